The number of carbonyl (C=O) groups is 2. The van der Waals surface area contributed by atoms with Crippen molar-refractivity contribution in [2.24, 2.45) is 5.73 Å². The Labute approximate surface area is 105 Å². The van der Waals surface area contributed by atoms with Crippen molar-refractivity contribution < 1.29 is 14.3 Å². The topological polar surface area (TPSA) is 93.4 Å². The van der Waals surface area contributed by atoms with E-state index in [1.807, 2.05) is 0 Å². The molecule has 18 heavy (non-hydrogen) atoms. The average molecular weight is 251 g/mol. The van der Waals surface area contributed by atoms with E-state index in [-0.39, 0.29) is 12.5 Å². The molecular formula is C12H17N3O3. The van der Waals surface area contributed by atoms with Crippen molar-refractivity contribution in [3.8, 4) is 5.75 Å². The summed E-state index contributed by atoms with van der Waals surface area (Å²) in [6.07, 6.45) is 0.392. The maximum atomic E-state index is 11.5. The summed E-state index contributed by atoms with van der Waals surface area (Å²) in [5.41, 5.74) is 5.60. The Balaban J connectivity index is 2.53. The number of benzene rings is 1. The summed E-state index contributed by atoms with van der Waals surface area (Å²) in [4.78, 5) is 22.1. The molecule has 0 atom stereocenters. The quantitative estimate of drug-likeness (QED) is 0.640. The molecule has 0 radical (unpaired) electrons. The second kappa shape index (κ2) is 7.29. The molecule has 0 heterocycles. The lowest BCUT2D eigenvalue weighted by Gasteiger charge is -2.08. The SMILES string of the molecule is CNCCC(=O)Nc1cccc(OCC(N)=O)c1. The normalized spacial score (nSPS) is 9.83. The largest absolute Gasteiger partial charge is 0.484 e. The molecule has 0 aliphatic carbocycles. The number of hydrogen-bond donors (Lipinski definition) is 3. The summed E-state index contributed by atoms with van der Waals surface area (Å²) in [7, 11) is 1.78. The molecule has 0 bridgehead atoms. The van der Waals surface area contributed by atoms with Gasteiger partial charge in [0.2, 0.25) is 5.91 Å². The number of ether oxygens (including phenoxy) is 1. The summed E-state index contributed by atoms with van der Waals surface area (Å²) in [6, 6.07) is 6.80. The Morgan fingerprint density at radius 3 is 2.83 bits per heavy atom. The molecule has 2 amide bonds. The van der Waals surface area contributed by atoms with Gasteiger partial charge < -0.3 is 21.1 Å². The van der Waals surface area contributed by atoms with Gasteiger partial charge in [-0.15, -0.1) is 0 Å². The Kier molecular flexibility index (Phi) is 5.66. The number of hydrogen-bond acceptors (Lipinski definition) is 4. The van der Waals surface area contributed by atoms with E-state index in [4.69, 9.17) is 10.5 Å². The molecule has 0 unspecified atom stereocenters. The zero-order chi connectivity index (χ0) is 13.4. The zero-order valence-corrected chi connectivity index (χ0v) is 10.2. The summed E-state index contributed by atoms with van der Waals surface area (Å²) in [5.74, 6) is -0.143. The number of carbonyl (C=O) groups excluding carboxylic acids is 2. The molecule has 1 rings (SSSR count). The highest BCUT2D eigenvalue weighted by Crippen LogP contribution is 2.17. The highest BCUT2D eigenvalue weighted by Gasteiger charge is 2.03. The standard InChI is InChI=1S/C12H17N3O3/c1-14-6-5-12(17)15-9-3-2-4-10(7-9)18-8-11(13)16/h2-4,7,14H,5-6,8H2,1H3,(H2,13,16)(H,15,17). The minimum Gasteiger partial charge on any atom is -0.484 e. The van der Waals surface area contributed by atoms with Crippen molar-refractivity contribution in [3.63, 3.8) is 0 Å². The molecule has 0 aliphatic heterocycles. The second-order valence-electron chi connectivity index (χ2n) is 3.68. The van der Waals surface area contributed by atoms with Crippen LogP contribution in [0.4, 0.5) is 5.69 Å². The van der Waals surface area contributed by atoms with Gasteiger partial charge in [-0.2, -0.15) is 0 Å². The molecule has 0 aromatic heterocycles. The van der Waals surface area contributed by atoms with Crippen LogP contribution >= 0.6 is 0 Å². The minimum absolute atomic E-state index is 0.0867. The maximum absolute atomic E-state index is 11.5. The number of primary amides is 1. The van der Waals surface area contributed by atoms with Crippen LogP contribution in [0.2, 0.25) is 0 Å². The molecular weight excluding hydrogens is 234 g/mol. The summed E-state index contributed by atoms with van der Waals surface area (Å²) >= 11 is 0. The van der Waals surface area contributed by atoms with Crippen LogP contribution in [0.15, 0.2) is 24.3 Å². The minimum atomic E-state index is -0.543. The highest BCUT2D eigenvalue weighted by molar-refractivity contribution is 5.91. The fraction of sp³-hybridized carbons (Fsp3) is 0.333. The van der Waals surface area contributed by atoms with Crippen molar-refractivity contribution in [2.45, 2.75) is 6.42 Å². The number of amides is 2. The summed E-state index contributed by atoms with van der Waals surface area (Å²) in [6.45, 7) is 0.431. The van der Waals surface area contributed by atoms with Crippen LogP contribution in [-0.4, -0.2) is 32.0 Å². The van der Waals surface area contributed by atoms with E-state index in [0.717, 1.165) is 0 Å². The molecule has 4 N–H and O–H groups in total. The van der Waals surface area contributed by atoms with E-state index in [2.05, 4.69) is 10.6 Å². The number of anilines is 1. The molecule has 1 aromatic rings. The van der Waals surface area contributed by atoms with Crippen LogP contribution in [-0.2, 0) is 9.59 Å². The van der Waals surface area contributed by atoms with Crippen molar-refractivity contribution in [3.05, 3.63) is 24.3 Å². The average Bonchev–Trinajstić information content (AvgIpc) is 2.34. The van der Waals surface area contributed by atoms with Crippen LogP contribution in [0.3, 0.4) is 0 Å². The van der Waals surface area contributed by atoms with Gasteiger partial charge in [0.15, 0.2) is 6.61 Å². The second-order valence-corrected chi connectivity index (χ2v) is 3.68. The van der Waals surface area contributed by atoms with E-state index >= 15 is 0 Å². The predicted molar refractivity (Wildman–Crippen MR) is 68.3 cm³/mol. The van der Waals surface area contributed by atoms with Crippen molar-refractivity contribution >= 4 is 17.5 Å². The Bertz CT molecular complexity index is 421. The summed E-state index contributed by atoms with van der Waals surface area (Å²) < 4.78 is 5.13. The summed E-state index contributed by atoms with van der Waals surface area (Å²) in [5, 5.41) is 5.62. The van der Waals surface area contributed by atoms with Crippen molar-refractivity contribution in [2.75, 3.05) is 25.5 Å². The first kappa shape index (κ1) is 14.0. The van der Waals surface area contributed by atoms with Crippen LogP contribution < -0.4 is 21.1 Å². The Morgan fingerprint density at radius 2 is 2.17 bits per heavy atom. The predicted octanol–water partition coefficient (Wildman–Crippen LogP) is 0.0987. The number of nitrogens with two attached hydrogens (primary N) is 1. The number of nitrogens with one attached hydrogen (secondary N) is 2. The van der Waals surface area contributed by atoms with Crippen molar-refractivity contribution in [1.82, 2.24) is 5.32 Å². The third kappa shape index (κ3) is 5.31. The van der Waals surface area contributed by atoms with E-state index in [1.54, 1.807) is 31.3 Å². The fourth-order valence-electron chi connectivity index (χ4n) is 1.28. The van der Waals surface area contributed by atoms with Crippen LogP contribution in [0.5, 0.6) is 5.75 Å². The van der Waals surface area contributed by atoms with Crippen LogP contribution in [0.25, 0.3) is 0 Å². The van der Waals surface area contributed by atoms with Gasteiger partial charge in [-0.1, -0.05) is 6.07 Å². The van der Waals surface area contributed by atoms with Gasteiger partial charge in [0.25, 0.3) is 5.91 Å². The van der Waals surface area contributed by atoms with E-state index in [9.17, 15) is 9.59 Å². The monoisotopic (exact) mass is 251 g/mol. The van der Waals surface area contributed by atoms with Crippen LogP contribution in [0.1, 0.15) is 6.42 Å². The third-order valence-electron chi connectivity index (χ3n) is 2.10. The molecule has 0 aliphatic rings. The van der Waals surface area contributed by atoms with E-state index in [1.165, 1.54) is 0 Å². The first-order chi connectivity index (χ1) is 8.61. The number of rotatable bonds is 7. The lowest BCUT2D eigenvalue weighted by molar-refractivity contribution is -0.120. The van der Waals surface area contributed by atoms with Gasteiger partial charge in [-0.3, -0.25) is 9.59 Å². The first-order valence-corrected chi connectivity index (χ1v) is 5.57. The van der Waals surface area contributed by atoms with Gasteiger partial charge in [-0.05, 0) is 19.2 Å². The molecule has 0 saturated carbocycles. The molecule has 98 valence electrons. The molecule has 0 fully saturated rings. The molecule has 6 nitrogen and oxygen atoms in total. The molecule has 1 aromatic carbocycles. The lowest BCUT2D eigenvalue weighted by atomic mass is 10.3. The third-order valence-corrected chi connectivity index (χ3v) is 2.10. The first-order valence-electron chi connectivity index (χ1n) is 5.57. The van der Waals surface area contributed by atoms with Crippen LogP contribution in [0, 0.1) is 0 Å². The smallest absolute Gasteiger partial charge is 0.255 e. The highest BCUT2D eigenvalue weighted by atomic mass is 16.5. The fourth-order valence-corrected chi connectivity index (χ4v) is 1.28. The maximum Gasteiger partial charge on any atom is 0.255 e. The Morgan fingerprint density at radius 1 is 1.39 bits per heavy atom. The zero-order valence-electron chi connectivity index (χ0n) is 10.2. The van der Waals surface area contributed by atoms with Gasteiger partial charge in [0.1, 0.15) is 5.75 Å². The Hall–Kier alpha value is -2.08. The van der Waals surface area contributed by atoms with E-state index in [0.29, 0.717) is 24.4 Å². The molecule has 0 saturated heterocycles. The van der Waals surface area contributed by atoms with Gasteiger partial charge in [0.05, 0.1) is 0 Å². The van der Waals surface area contributed by atoms with Gasteiger partial charge in [0, 0.05) is 24.7 Å². The molecule has 6 heteroatoms. The lowest BCUT2D eigenvalue weighted by Crippen LogP contribution is -2.20. The van der Waals surface area contributed by atoms with Crippen molar-refractivity contribution in [1.29, 1.82) is 0 Å². The molecule has 0 spiro atoms. The van der Waals surface area contributed by atoms with Gasteiger partial charge in [-0.25, -0.2) is 0 Å². The van der Waals surface area contributed by atoms with Gasteiger partial charge >= 0.3 is 0 Å². The van der Waals surface area contributed by atoms with E-state index < -0.39 is 5.91 Å².